The van der Waals surface area contributed by atoms with Gasteiger partial charge in [0.15, 0.2) is 0 Å². The number of hydrogen-bond acceptors (Lipinski definition) is 2. The molecule has 1 aromatic heterocycles. The highest BCUT2D eigenvalue weighted by Crippen LogP contribution is 2.65. The molecule has 1 saturated carbocycles. The molecule has 0 aromatic carbocycles. The molecule has 3 unspecified atom stereocenters. The predicted octanol–water partition coefficient (Wildman–Crippen LogP) is 2.19. The lowest BCUT2D eigenvalue weighted by Gasteiger charge is -2.61. The highest BCUT2D eigenvalue weighted by Gasteiger charge is 2.63. The first-order valence-electron chi connectivity index (χ1n) is 6.14. The summed E-state index contributed by atoms with van der Waals surface area (Å²) in [6, 6.07) is 4.96. The van der Waals surface area contributed by atoms with Crippen LogP contribution in [0, 0.1) is 11.3 Å². The standard InChI is InChI=1S/C14H16N2/c1-16-9-14-5-4-12(14)11(7-13(14)16)10-3-2-6-15-8-10/h2-3,6-8,12-13H,4-5,9H2,1H3. The first kappa shape index (κ1) is 8.94. The van der Waals surface area contributed by atoms with Crippen molar-refractivity contribution in [2.45, 2.75) is 18.9 Å². The van der Waals surface area contributed by atoms with Crippen LogP contribution in [0.15, 0.2) is 30.6 Å². The average Bonchev–Trinajstić information content (AvgIpc) is 2.46. The number of hydrogen-bond donors (Lipinski definition) is 0. The summed E-state index contributed by atoms with van der Waals surface area (Å²) in [5.41, 5.74) is 3.53. The lowest BCUT2D eigenvalue weighted by Crippen LogP contribution is -2.66. The van der Waals surface area contributed by atoms with E-state index in [2.05, 4.69) is 29.1 Å². The largest absolute Gasteiger partial charge is 0.299 e. The second kappa shape index (κ2) is 2.75. The molecule has 2 fully saturated rings. The Morgan fingerprint density at radius 1 is 1.50 bits per heavy atom. The van der Waals surface area contributed by atoms with Crippen molar-refractivity contribution in [1.29, 1.82) is 0 Å². The Bertz CT molecular complexity index is 465. The van der Waals surface area contributed by atoms with E-state index < -0.39 is 0 Å². The molecule has 0 bridgehead atoms. The zero-order valence-electron chi connectivity index (χ0n) is 9.56. The Morgan fingerprint density at radius 2 is 2.44 bits per heavy atom. The molecule has 82 valence electrons. The Hall–Kier alpha value is -1.15. The van der Waals surface area contributed by atoms with Crippen LogP contribution >= 0.6 is 0 Å². The van der Waals surface area contributed by atoms with Crippen molar-refractivity contribution < 1.29 is 0 Å². The second-order valence-electron chi connectivity index (χ2n) is 5.55. The fraction of sp³-hybridized carbons (Fsp3) is 0.500. The molecule has 4 rings (SSSR count). The summed E-state index contributed by atoms with van der Waals surface area (Å²) in [5, 5.41) is 0. The molecular weight excluding hydrogens is 196 g/mol. The molecule has 0 radical (unpaired) electrons. The van der Waals surface area contributed by atoms with Crippen LogP contribution in [-0.4, -0.2) is 29.5 Å². The van der Waals surface area contributed by atoms with Gasteiger partial charge < -0.3 is 0 Å². The molecular formula is C14H16N2. The molecule has 0 amide bonds. The number of nitrogens with zero attached hydrogens (tertiary/aromatic N) is 2. The van der Waals surface area contributed by atoms with E-state index in [1.54, 1.807) is 5.57 Å². The van der Waals surface area contributed by atoms with Crippen LogP contribution in [0.5, 0.6) is 0 Å². The Kier molecular flexibility index (Phi) is 1.54. The van der Waals surface area contributed by atoms with Crippen molar-refractivity contribution in [3.63, 3.8) is 0 Å². The van der Waals surface area contributed by atoms with E-state index in [0.717, 1.165) is 5.92 Å². The number of likely N-dealkylation sites (tertiary alicyclic amines) is 1. The zero-order valence-corrected chi connectivity index (χ0v) is 9.56. The summed E-state index contributed by atoms with van der Waals surface area (Å²) in [6.45, 7) is 1.29. The number of rotatable bonds is 1. The first-order chi connectivity index (χ1) is 7.81. The normalized spacial score (nSPS) is 40.4. The zero-order chi connectivity index (χ0) is 10.8. The highest BCUT2D eigenvalue weighted by atomic mass is 15.2. The molecule has 3 atom stereocenters. The smallest absolute Gasteiger partial charge is 0.0355 e. The maximum Gasteiger partial charge on any atom is 0.0355 e. The molecule has 0 N–H and O–H groups in total. The Morgan fingerprint density at radius 3 is 3.00 bits per heavy atom. The second-order valence-corrected chi connectivity index (χ2v) is 5.55. The molecule has 3 aliphatic rings. The van der Waals surface area contributed by atoms with Crippen molar-refractivity contribution in [3.05, 3.63) is 36.2 Å². The quantitative estimate of drug-likeness (QED) is 0.709. The van der Waals surface area contributed by atoms with E-state index in [1.807, 2.05) is 18.5 Å². The van der Waals surface area contributed by atoms with Crippen LogP contribution in [0.3, 0.4) is 0 Å². The molecule has 2 heterocycles. The van der Waals surface area contributed by atoms with Crippen molar-refractivity contribution in [3.8, 4) is 0 Å². The summed E-state index contributed by atoms with van der Waals surface area (Å²) in [5.74, 6) is 0.817. The van der Waals surface area contributed by atoms with Gasteiger partial charge in [-0.1, -0.05) is 12.1 Å². The van der Waals surface area contributed by atoms with Crippen LogP contribution in [0.1, 0.15) is 18.4 Å². The van der Waals surface area contributed by atoms with Crippen molar-refractivity contribution in [2.24, 2.45) is 11.3 Å². The van der Waals surface area contributed by atoms with E-state index >= 15 is 0 Å². The summed E-state index contributed by atoms with van der Waals surface area (Å²) >= 11 is 0. The number of likely N-dealkylation sites (N-methyl/N-ethyl adjacent to an activating group) is 1. The molecule has 2 nitrogen and oxygen atoms in total. The summed E-state index contributed by atoms with van der Waals surface area (Å²) in [4.78, 5) is 6.73. The lowest BCUT2D eigenvalue weighted by atomic mass is 9.53. The van der Waals surface area contributed by atoms with Crippen LogP contribution < -0.4 is 0 Å². The van der Waals surface area contributed by atoms with E-state index in [0.29, 0.717) is 11.5 Å². The topological polar surface area (TPSA) is 16.1 Å². The van der Waals surface area contributed by atoms with E-state index in [9.17, 15) is 0 Å². The Labute approximate surface area is 96.0 Å². The van der Waals surface area contributed by atoms with Gasteiger partial charge >= 0.3 is 0 Å². The molecule has 1 saturated heterocycles. The minimum absolute atomic E-state index is 0.625. The SMILES string of the molecule is CN1CC23CCC2C(c2cccnc2)=CC13. The van der Waals surface area contributed by atoms with Crippen LogP contribution in [0.4, 0.5) is 0 Å². The molecule has 2 heteroatoms. The molecule has 2 aliphatic carbocycles. The van der Waals surface area contributed by atoms with Gasteiger partial charge in [-0.3, -0.25) is 9.88 Å². The summed E-state index contributed by atoms with van der Waals surface area (Å²) in [6.07, 6.45) is 9.18. The van der Waals surface area contributed by atoms with Crippen LogP contribution in [-0.2, 0) is 0 Å². The summed E-state index contributed by atoms with van der Waals surface area (Å²) in [7, 11) is 2.24. The lowest BCUT2D eigenvalue weighted by molar-refractivity contribution is -0.104. The van der Waals surface area contributed by atoms with Crippen molar-refractivity contribution >= 4 is 5.57 Å². The third-order valence-corrected chi connectivity index (χ3v) is 4.91. The van der Waals surface area contributed by atoms with Gasteiger partial charge in [-0.05, 0) is 43.0 Å². The van der Waals surface area contributed by atoms with Crippen LogP contribution in [0.25, 0.3) is 5.57 Å². The molecule has 1 aromatic rings. The molecule has 16 heavy (non-hydrogen) atoms. The van der Waals surface area contributed by atoms with Gasteiger partial charge in [-0.15, -0.1) is 0 Å². The van der Waals surface area contributed by atoms with Gasteiger partial charge in [-0.2, -0.15) is 0 Å². The number of aromatic nitrogens is 1. The first-order valence-corrected chi connectivity index (χ1v) is 6.14. The maximum atomic E-state index is 4.25. The molecule has 1 aliphatic heterocycles. The van der Waals surface area contributed by atoms with Gasteiger partial charge in [0.05, 0.1) is 0 Å². The minimum atomic E-state index is 0.625. The maximum absolute atomic E-state index is 4.25. The fourth-order valence-electron chi connectivity index (χ4n) is 4.06. The highest BCUT2D eigenvalue weighted by molar-refractivity contribution is 5.73. The van der Waals surface area contributed by atoms with Crippen LogP contribution in [0.2, 0.25) is 0 Å². The minimum Gasteiger partial charge on any atom is -0.299 e. The number of pyridine rings is 1. The van der Waals surface area contributed by atoms with E-state index in [1.165, 1.54) is 24.9 Å². The third kappa shape index (κ3) is 0.858. The summed E-state index contributed by atoms with van der Waals surface area (Å²) < 4.78 is 0. The molecule has 1 spiro atoms. The van der Waals surface area contributed by atoms with Gasteiger partial charge in [0.2, 0.25) is 0 Å². The predicted molar refractivity (Wildman–Crippen MR) is 63.8 cm³/mol. The van der Waals surface area contributed by atoms with E-state index in [4.69, 9.17) is 0 Å². The fourth-order valence-corrected chi connectivity index (χ4v) is 4.06. The monoisotopic (exact) mass is 212 g/mol. The van der Waals surface area contributed by atoms with Crippen molar-refractivity contribution in [2.75, 3.05) is 13.6 Å². The van der Waals surface area contributed by atoms with Gasteiger partial charge in [-0.25, -0.2) is 0 Å². The number of allylic oxidation sites excluding steroid dienone is 1. The average molecular weight is 212 g/mol. The van der Waals surface area contributed by atoms with Gasteiger partial charge in [0.1, 0.15) is 0 Å². The van der Waals surface area contributed by atoms with E-state index in [-0.39, 0.29) is 0 Å². The van der Waals surface area contributed by atoms with Gasteiger partial charge in [0.25, 0.3) is 0 Å². The Balaban J connectivity index is 1.76. The third-order valence-electron chi connectivity index (χ3n) is 4.91. The van der Waals surface area contributed by atoms with Crippen molar-refractivity contribution in [1.82, 2.24) is 9.88 Å². The van der Waals surface area contributed by atoms with Gasteiger partial charge in [0, 0.05) is 30.4 Å².